The maximum atomic E-state index is 5.81. The van der Waals surface area contributed by atoms with Gasteiger partial charge in [-0.15, -0.1) is 0 Å². The van der Waals surface area contributed by atoms with Crippen LogP contribution in [0.4, 0.5) is 11.5 Å². The minimum Gasteiger partial charge on any atom is -0.396 e. The molecule has 1 aliphatic carbocycles. The van der Waals surface area contributed by atoms with Gasteiger partial charge in [0.1, 0.15) is 5.15 Å². The summed E-state index contributed by atoms with van der Waals surface area (Å²) in [6.45, 7) is 0. The van der Waals surface area contributed by atoms with Gasteiger partial charge in [0, 0.05) is 6.04 Å². The molecular formula is C11H14ClN3. The molecule has 0 bridgehead atoms. The molecule has 80 valence electrons. The molecule has 15 heavy (non-hydrogen) atoms. The number of nitrogen functional groups attached to an aromatic ring is 1. The fraction of sp³-hybridized carbons (Fsp3) is 0.364. The Morgan fingerprint density at radius 1 is 1.40 bits per heavy atom. The molecule has 1 atom stereocenters. The first-order valence-corrected chi connectivity index (χ1v) is 5.47. The van der Waals surface area contributed by atoms with Crippen LogP contribution in [0.15, 0.2) is 24.3 Å². The summed E-state index contributed by atoms with van der Waals surface area (Å²) in [5, 5.41) is 3.79. The quantitative estimate of drug-likeness (QED) is 0.599. The average molecular weight is 224 g/mol. The average Bonchev–Trinajstić information content (AvgIpc) is 2.25. The Labute approximate surface area is 94.3 Å². The highest BCUT2D eigenvalue weighted by Crippen LogP contribution is 2.22. The number of nitrogens with two attached hydrogens (primary N) is 1. The molecule has 0 aromatic carbocycles. The Morgan fingerprint density at radius 3 is 3.00 bits per heavy atom. The predicted molar refractivity (Wildman–Crippen MR) is 64.1 cm³/mol. The molecule has 0 spiro atoms. The lowest BCUT2D eigenvalue weighted by atomic mass is 10.0. The smallest absolute Gasteiger partial charge is 0.151 e. The molecule has 0 fully saturated rings. The summed E-state index contributed by atoms with van der Waals surface area (Å²) in [4.78, 5) is 4.17. The fourth-order valence-corrected chi connectivity index (χ4v) is 1.83. The number of halogens is 1. The molecule has 1 aromatic heterocycles. The van der Waals surface area contributed by atoms with Gasteiger partial charge in [0.05, 0.1) is 5.69 Å². The van der Waals surface area contributed by atoms with Crippen molar-refractivity contribution in [2.24, 2.45) is 0 Å². The van der Waals surface area contributed by atoms with Crippen LogP contribution in [0.25, 0.3) is 0 Å². The fourth-order valence-electron chi connectivity index (χ4n) is 1.68. The predicted octanol–water partition coefficient (Wildman–Crippen LogP) is 2.84. The second-order valence-corrected chi connectivity index (χ2v) is 4.08. The van der Waals surface area contributed by atoms with Gasteiger partial charge >= 0.3 is 0 Å². The second-order valence-electron chi connectivity index (χ2n) is 3.70. The van der Waals surface area contributed by atoms with Crippen molar-refractivity contribution < 1.29 is 0 Å². The summed E-state index contributed by atoms with van der Waals surface area (Å²) < 4.78 is 0. The summed E-state index contributed by atoms with van der Waals surface area (Å²) >= 11 is 5.81. The van der Waals surface area contributed by atoms with Gasteiger partial charge in [-0.1, -0.05) is 23.8 Å². The zero-order valence-electron chi connectivity index (χ0n) is 8.41. The van der Waals surface area contributed by atoms with E-state index in [9.17, 15) is 0 Å². The van der Waals surface area contributed by atoms with Crippen LogP contribution in [-0.4, -0.2) is 11.0 Å². The van der Waals surface area contributed by atoms with E-state index in [1.165, 1.54) is 0 Å². The zero-order valence-corrected chi connectivity index (χ0v) is 9.17. The lowest BCUT2D eigenvalue weighted by molar-refractivity contribution is 0.642. The molecule has 4 heteroatoms. The molecule has 1 unspecified atom stereocenters. The molecular weight excluding hydrogens is 210 g/mol. The van der Waals surface area contributed by atoms with E-state index in [0.717, 1.165) is 19.3 Å². The van der Waals surface area contributed by atoms with Crippen LogP contribution >= 0.6 is 11.6 Å². The third-order valence-electron chi connectivity index (χ3n) is 2.50. The summed E-state index contributed by atoms with van der Waals surface area (Å²) in [5.74, 6) is 0.697. The SMILES string of the molecule is Nc1ccc(Cl)nc1NC1CC=CCC1. The Bertz CT molecular complexity index is 376. The van der Waals surface area contributed by atoms with Crippen LogP contribution in [0.1, 0.15) is 19.3 Å². The van der Waals surface area contributed by atoms with Gasteiger partial charge in [0.15, 0.2) is 5.82 Å². The Balaban J connectivity index is 2.09. The molecule has 0 radical (unpaired) electrons. The van der Waals surface area contributed by atoms with E-state index in [1.807, 2.05) is 0 Å². The maximum Gasteiger partial charge on any atom is 0.151 e. The number of nitrogens with zero attached hydrogens (tertiary/aromatic N) is 1. The van der Waals surface area contributed by atoms with Crippen LogP contribution in [0.2, 0.25) is 5.15 Å². The van der Waals surface area contributed by atoms with E-state index < -0.39 is 0 Å². The Kier molecular flexibility index (Phi) is 3.11. The molecule has 0 amide bonds. The minimum absolute atomic E-state index is 0.420. The van der Waals surface area contributed by atoms with Crippen molar-refractivity contribution in [3.05, 3.63) is 29.4 Å². The number of allylic oxidation sites excluding steroid dienone is 1. The second kappa shape index (κ2) is 4.53. The van der Waals surface area contributed by atoms with E-state index in [-0.39, 0.29) is 0 Å². The van der Waals surface area contributed by atoms with E-state index in [4.69, 9.17) is 17.3 Å². The summed E-state index contributed by atoms with van der Waals surface area (Å²) in [7, 11) is 0. The Morgan fingerprint density at radius 2 is 2.27 bits per heavy atom. The van der Waals surface area contributed by atoms with Gasteiger partial charge < -0.3 is 11.1 Å². The molecule has 2 rings (SSSR count). The largest absolute Gasteiger partial charge is 0.396 e. The normalized spacial score (nSPS) is 20.2. The first-order chi connectivity index (χ1) is 7.25. The Hall–Kier alpha value is -1.22. The highest BCUT2D eigenvalue weighted by Gasteiger charge is 2.11. The van der Waals surface area contributed by atoms with Crippen LogP contribution in [-0.2, 0) is 0 Å². The molecule has 0 aliphatic heterocycles. The number of hydrogen-bond donors (Lipinski definition) is 2. The number of hydrogen-bond acceptors (Lipinski definition) is 3. The van der Waals surface area contributed by atoms with E-state index in [1.54, 1.807) is 12.1 Å². The van der Waals surface area contributed by atoms with Gasteiger partial charge in [-0.05, 0) is 31.4 Å². The van der Waals surface area contributed by atoms with Gasteiger partial charge in [-0.25, -0.2) is 4.98 Å². The first-order valence-electron chi connectivity index (χ1n) is 5.09. The standard InChI is InChI=1S/C11H14ClN3/c12-10-7-6-9(13)11(15-10)14-8-4-2-1-3-5-8/h1-2,6-8H,3-5,13H2,(H,14,15). The third kappa shape index (κ3) is 2.63. The first kappa shape index (κ1) is 10.3. The van der Waals surface area contributed by atoms with Crippen molar-refractivity contribution >= 4 is 23.1 Å². The van der Waals surface area contributed by atoms with Gasteiger partial charge in [-0.2, -0.15) is 0 Å². The van der Waals surface area contributed by atoms with Crippen LogP contribution in [0.5, 0.6) is 0 Å². The monoisotopic (exact) mass is 223 g/mol. The summed E-state index contributed by atoms with van der Waals surface area (Å²) in [6.07, 6.45) is 7.63. The minimum atomic E-state index is 0.420. The third-order valence-corrected chi connectivity index (χ3v) is 2.71. The van der Waals surface area contributed by atoms with E-state index >= 15 is 0 Å². The number of pyridine rings is 1. The summed E-state index contributed by atoms with van der Waals surface area (Å²) in [6, 6.07) is 3.89. The highest BCUT2D eigenvalue weighted by atomic mass is 35.5. The van der Waals surface area contributed by atoms with Crippen LogP contribution in [0.3, 0.4) is 0 Å². The van der Waals surface area contributed by atoms with Crippen LogP contribution in [0, 0.1) is 0 Å². The van der Waals surface area contributed by atoms with Crippen molar-refractivity contribution in [3.63, 3.8) is 0 Å². The van der Waals surface area contributed by atoms with E-state index in [2.05, 4.69) is 22.5 Å². The highest BCUT2D eigenvalue weighted by molar-refractivity contribution is 6.29. The number of nitrogens with one attached hydrogen (secondary N) is 1. The number of rotatable bonds is 2. The lowest BCUT2D eigenvalue weighted by Gasteiger charge is -2.20. The van der Waals surface area contributed by atoms with Crippen molar-refractivity contribution in [2.45, 2.75) is 25.3 Å². The van der Waals surface area contributed by atoms with Crippen LogP contribution < -0.4 is 11.1 Å². The molecule has 0 saturated carbocycles. The molecule has 1 heterocycles. The van der Waals surface area contributed by atoms with Crippen molar-refractivity contribution in [2.75, 3.05) is 11.1 Å². The maximum absolute atomic E-state index is 5.81. The number of anilines is 2. The molecule has 3 N–H and O–H groups in total. The van der Waals surface area contributed by atoms with Gasteiger partial charge in [0.2, 0.25) is 0 Å². The molecule has 1 aliphatic rings. The van der Waals surface area contributed by atoms with Gasteiger partial charge in [-0.3, -0.25) is 0 Å². The summed E-state index contributed by atoms with van der Waals surface area (Å²) in [5.41, 5.74) is 6.45. The topological polar surface area (TPSA) is 50.9 Å². The van der Waals surface area contributed by atoms with E-state index in [0.29, 0.717) is 22.7 Å². The lowest BCUT2D eigenvalue weighted by Crippen LogP contribution is -2.21. The molecule has 1 aromatic rings. The van der Waals surface area contributed by atoms with Crippen molar-refractivity contribution in [3.8, 4) is 0 Å². The van der Waals surface area contributed by atoms with Crippen molar-refractivity contribution in [1.82, 2.24) is 4.98 Å². The number of aromatic nitrogens is 1. The van der Waals surface area contributed by atoms with Crippen molar-refractivity contribution in [1.29, 1.82) is 0 Å². The van der Waals surface area contributed by atoms with Gasteiger partial charge in [0.25, 0.3) is 0 Å². The zero-order chi connectivity index (χ0) is 10.7. The molecule has 3 nitrogen and oxygen atoms in total. The molecule has 0 saturated heterocycles.